The van der Waals surface area contributed by atoms with Crippen molar-refractivity contribution >= 4 is 9.84 Å². The maximum absolute atomic E-state index is 10.6. The molecule has 50 valence electrons. The van der Waals surface area contributed by atoms with E-state index < -0.39 is 9.84 Å². The monoisotopic (exact) mass is 146 g/mol. The van der Waals surface area contributed by atoms with Gasteiger partial charge >= 0.3 is 0 Å². The van der Waals surface area contributed by atoms with Crippen molar-refractivity contribution in [1.29, 1.82) is 0 Å². The predicted molar refractivity (Wildman–Crippen MR) is 31.7 cm³/mol. The first-order valence-electron chi connectivity index (χ1n) is 2.30. The summed E-state index contributed by atoms with van der Waals surface area (Å²) in [5.74, 6) is 0. The lowest BCUT2D eigenvalue weighted by Gasteiger charge is -1.86. The number of hydrogen-bond acceptors (Lipinski definition) is 3. The number of imidazole rings is 1. The highest BCUT2D eigenvalue weighted by atomic mass is 32.2. The minimum Gasteiger partial charge on any atom is -0.336 e. The molecule has 0 aliphatic heterocycles. The van der Waals surface area contributed by atoms with Crippen LogP contribution in [0.1, 0.15) is 0 Å². The fraction of sp³-hybridized carbons (Fsp3) is 0.250. The summed E-state index contributed by atoms with van der Waals surface area (Å²) in [6, 6.07) is 0. The molecular formula is C4H6N2O2S. The molecule has 0 radical (unpaired) electrons. The molecule has 1 aromatic heterocycles. The van der Waals surface area contributed by atoms with Gasteiger partial charge in [-0.25, -0.2) is 13.4 Å². The summed E-state index contributed by atoms with van der Waals surface area (Å²) in [5.41, 5.74) is 0. The molecule has 1 heterocycles. The van der Waals surface area contributed by atoms with Gasteiger partial charge in [0, 0.05) is 18.6 Å². The Morgan fingerprint density at radius 3 is 2.56 bits per heavy atom. The summed E-state index contributed by atoms with van der Waals surface area (Å²) in [7, 11) is -3.13. The number of H-pyrrole nitrogens is 1. The van der Waals surface area contributed by atoms with Crippen LogP contribution in [0.15, 0.2) is 17.6 Å². The van der Waals surface area contributed by atoms with Crippen molar-refractivity contribution in [1.82, 2.24) is 9.97 Å². The van der Waals surface area contributed by atoms with E-state index in [0.717, 1.165) is 6.26 Å². The third kappa shape index (κ3) is 1.29. The van der Waals surface area contributed by atoms with Gasteiger partial charge in [0.1, 0.15) is 0 Å². The third-order valence-corrected chi connectivity index (χ3v) is 1.75. The van der Waals surface area contributed by atoms with Gasteiger partial charge in [-0.05, 0) is 0 Å². The Hall–Kier alpha value is -0.840. The molecule has 0 aliphatic rings. The first-order chi connectivity index (χ1) is 4.11. The first kappa shape index (κ1) is 6.28. The molecule has 0 atom stereocenters. The fourth-order valence-corrected chi connectivity index (χ4v) is 0.988. The SMILES string of the molecule is CS(=O)(=O)c1ncc[nH]1. The van der Waals surface area contributed by atoms with Crippen molar-refractivity contribution in [2.75, 3.05) is 6.26 Å². The molecule has 0 aliphatic carbocycles. The molecule has 9 heavy (non-hydrogen) atoms. The van der Waals surface area contributed by atoms with Gasteiger partial charge in [-0.3, -0.25) is 0 Å². The van der Waals surface area contributed by atoms with Crippen LogP contribution in [0, 0.1) is 0 Å². The molecular weight excluding hydrogens is 140 g/mol. The van der Waals surface area contributed by atoms with Crippen molar-refractivity contribution in [3.8, 4) is 0 Å². The number of nitrogens with one attached hydrogen (secondary N) is 1. The highest BCUT2D eigenvalue weighted by molar-refractivity contribution is 7.90. The van der Waals surface area contributed by atoms with Crippen LogP contribution in [-0.2, 0) is 9.84 Å². The summed E-state index contributed by atoms with van der Waals surface area (Å²) >= 11 is 0. The van der Waals surface area contributed by atoms with Crippen molar-refractivity contribution < 1.29 is 8.42 Å². The Kier molecular flexibility index (Phi) is 1.28. The van der Waals surface area contributed by atoms with Crippen LogP contribution in [-0.4, -0.2) is 24.6 Å². The zero-order valence-corrected chi connectivity index (χ0v) is 5.64. The average Bonchev–Trinajstić information content (AvgIpc) is 2.08. The molecule has 1 rings (SSSR count). The van der Waals surface area contributed by atoms with E-state index in [1.165, 1.54) is 12.4 Å². The Morgan fingerprint density at radius 1 is 1.67 bits per heavy atom. The highest BCUT2D eigenvalue weighted by Crippen LogP contribution is 1.96. The van der Waals surface area contributed by atoms with Gasteiger partial charge in [-0.15, -0.1) is 0 Å². The minimum absolute atomic E-state index is 0.0162. The highest BCUT2D eigenvalue weighted by Gasteiger charge is 2.06. The summed E-state index contributed by atoms with van der Waals surface area (Å²) in [4.78, 5) is 6.02. The molecule has 5 heteroatoms. The number of hydrogen-bond donors (Lipinski definition) is 1. The quantitative estimate of drug-likeness (QED) is 0.597. The standard InChI is InChI=1S/C4H6N2O2S/c1-9(7,8)4-5-2-3-6-4/h2-3H,1H3,(H,5,6). The predicted octanol–water partition coefficient (Wildman–Crippen LogP) is -0.187. The molecule has 0 spiro atoms. The van der Waals surface area contributed by atoms with Gasteiger partial charge < -0.3 is 4.98 Å². The Balaban J connectivity index is 3.20. The van der Waals surface area contributed by atoms with Gasteiger partial charge in [0.2, 0.25) is 15.0 Å². The second-order valence-corrected chi connectivity index (χ2v) is 3.60. The summed E-state index contributed by atoms with van der Waals surface area (Å²) in [6.07, 6.45) is 3.97. The molecule has 1 N–H and O–H groups in total. The number of aromatic nitrogens is 2. The van der Waals surface area contributed by atoms with Crippen LogP contribution in [0.4, 0.5) is 0 Å². The van der Waals surface area contributed by atoms with Crippen LogP contribution in [0.5, 0.6) is 0 Å². The molecule has 0 bridgehead atoms. The zero-order chi connectivity index (χ0) is 6.91. The fourth-order valence-electron chi connectivity index (χ4n) is 0.454. The largest absolute Gasteiger partial charge is 0.336 e. The van der Waals surface area contributed by atoms with Crippen LogP contribution < -0.4 is 0 Å². The number of sulfone groups is 1. The molecule has 4 nitrogen and oxygen atoms in total. The van der Waals surface area contributed by atoms with Gasteiger partial charge in [0.15, 0.2) is 0 Å². The average molecular weight is 146 g/mol. The van der Waals surface area contributed by atoms with Crippen molar-refractivity contribution in [3.05, 3.63) is 12.4 Å². The Bertz CT molecular complexity index is 274. The van der Waals surface area contributed by atoms with Crippen molar-refractivity contribution in [2.45, 2.75) is 5.16 Å². The smallest absolute Gasteiger partial charge is 0.224 e. The van der Waals surface area contributed by atoms with E-state index >= 15 is 0 Å². The number of nitrogens with zero attached hydrogens (tertiary/aromatic N) is 1. The topological polar surface area (TPSA) is 62.8 Å². The molecule has 0 aromatic carbocycles. The molecule has 0 fully saturated rings. The van der Waals surface area contributed by atoms with Gasteiger partial charge in [-0.2, -0.15) is 0 Å². The van der Waals surface area contributed by atoms with E-state index in [9.17, 15) is 8.42 Å². The second-order valence-electron chi connectivity index (χ2n) is 1.67. The van der Waals surface area contributed by atoms with E-state index in [1.807, 2.05) is 0 Å². The number of rotatable bonds is 1. The van der Waals surface area contributed by atoms with E-state index in [0.29, 0.717) is 0 Å². The van der Waals surface area contributed by atoms with E-state index in [1.54, 1.807) is 0 Å². The Morgan fingerprint density at radius 2 is 2.33 bits per heavy atom. The molecule has 0 unspecified atom stereocenters. The number of aromatic amines is 1. The maximum atomic E-state index is 10.6. The lowest BCUT2D eigenvalue weighted by atomic mass is 11.0. The van der Waals surface area contributed by atoms with Crippen LogP contribution in [0.25, 0.3) is 0 Å². The normalized spacial score (nSPS) is 11.7. The minimum atomic E-state index is -3.13. The summed E-state index contributed by atoms with van der Waals surface area (Å²) in [5, 5.41) is 0.0162. The maximum Gasteiger partial charge on any atom is 0.224 e. The lowest BCUT2D eigenvalue weighted by Crippen LogP contribution is -1.98. The van der Waals surface area contributed by atoms with Crippen LogP contribution in [0.2, 0.25) is 0 Å². The molecule has 0 saturated heterocycles. The molecule has 1 aromatic rings. The van der Waals surface area contributed by atoms with Crippen molar-refractivity contribution in [3.63, 3.8) is 0 Å². The van der Waals surface area contributed by atoms with E-state index in [-0.39, 0.29) is 5.16 Å². The van der Waals surface area contributed by atoms with Gasteiger partial charge in [-0.1, -0.05) is 0 Å². The summed E-state index contributed by atoms with van der Waals surface area (Å²) in [6.45, 7) is 0. The van der Waals surface area contributed by atoms with E-state index in [2.05, 4.69) is 9.97 Å². The van der Waals surface area contributed by atoms with Crippen LogP contribution >= 0.6 is 0 Å². The van der Waals surface area contributed by atoms with Gasteiger partial charge in [0.05, 0.1) is 0 Å². The molecule has 0 saturated carbocycles. The third-order valence-electron chi connectivity index (χ3n) is 0.824. The van der Waals surface area contributed by atoms with E-state index in [4.69, 9.17) is 0 Å². The molecule has 0 amide bonds. The second kappa shape index (κ2) is 1.84. The first-order valence-corrected chi connectivity index (χ1v) is 4.19. The zero-order valence-electron chi connectivity index (χ0n) is 4.83. The van der Waals surface area contributed by atoms with Gasteiger partial charge in [0.25, 0.3) is 0 Å². The van der Waals surface area contributed by atoms with Crippen molar-refractivity contribution in [2.24, 2.45) is 0 Å². The Labute approximate surface area is 52.9 Å². The van der Waals surface area contributed by atoms with Crippen LogP contribution in [0.3, 0.4) is 0 Å². The summed E-state index contributed by atoms with van der Waals surface area (Å²) < 4.78 is 21.2. The lowest BCUT2D eigenvalue weighted by molar-refractivity contribution is 0.595.